The Hall–Kier alpha value is 0.803. The molecule has 2 nitrogen and oxygen atoms in total. The zero-order valence-corrected chi connectivity index (χ0v) is 9.89. The molecule has 65 valence electrons. The monoisotopic (exact) mass is 235 g/mol. The van der Waals surface area contributed by atoms with Crippen LogP contribution in [0.25, 0.3) is 0 Å². The van der Waals surface area contributed by atoms with E-state index in [0.29, 0.717) is 6.10 Å². The van der Waals surface area contributed by atoms with Crippen molar-refractivity contribution in [2.45, 2.75) is 34.6 Å². The van der Waals surface area contributed by atoms with Gasteiger partial charge in [-0.2, -0.15) is 0 Å². The SMILES string of the molecule is CCC[O][Zr]([CH3])[CH2]CC1CO1. The van der Waals surface area contributed by atoms with Gasteiger partial charge in [-0.1, -0.05) is 0 Å². The van der Waals surface area contributed by atoms with Gasteiger partial charge in [0.25, 0.3) is 0 Å². The van der Waals surface area contributed by atoms with Crippen molar-refractivity contribution in [2.24, 2.45) is 0 Å². The van der Waals surface area contributed by atoms with Crippen molar-refractivity contribution in [2.75, 3.05) is 13.2 Å². The third-order valence-electron chi connectivity index (χ3n) is 1.77. The van der Waals surface area contributed by atoms with Crippen molar-refractivity contribution in [1.82, 2.24) is 0 Å². The van der Waals surface area contributed by atoms with Gasteiger partial charge in [0.15, 0.2) is 0 Å². The molecule has 0 radical (unpaired) electrons. The van der Waals surface area contributed by atoms with Crippen LogP contribution < -0.4 is 0 Å². The predicted molar refractivity (Wildman–Crippen MR) is 41.3 cm³/mol. The summed E-state index contributed by atoms with van der Waals surface area (Å²) in [4.78, 5) is 0. The first-order chi connectivity index (χ1) is 5.33. The molecule has 0 bridgehead atoms. The van der Waals surface area contributed by atoms with E-state index in [1.807, 2.05) is 0 Å². The Bertz CT molecular complexity index is 104. The fourth-order valence-corrected chi connectivity index (χ4v) is 4.45. The fraction of sp³-hybridized carbons (Fsp3) is 1.00. The molecule has 0 aromatic carbocycles. The number of hydrogen-bond acceptors (Lipinski definition) is 2. The van der Waals surface area contributed by atoms with Crippen LogP contribution in [-0.2, 0) is 29.7 Å². The summed E-state index contributed by atoms with van der Waals surface area (Å²) in [5.74, 6) is 0. The Kier molecular flexibility index (Phi) is 4.90. The average molecular weight is 236 g/mol. The predicted octanol–water partition coefficient (Wildman–Crippen LogP) is 2.20. The van der Waals surface area contributed by atoms with Crippen LogP contribution in [0, 0.1) is 0 Å². The van der Waals surface area contributed by atoms with Crippen LogP contribution >= 0.6 is 0 Å². The molecular formula is C8H17O2Zr. The molecule has 11 heavy (non-hydrogen) atoms. The zero-order valence-electron chi connectivity index (χ0n) is 7.43. The van der Waals surface area contributed by atoms with Gasteiger partial charge in [-0.05, 0) is 0 Å². The van der Waals surface area contributed by atoms with Crippen molar-refractivity contribution in [1.29, 1.82) is 0 Å². The van der Waals surface area contributed by atoms with Crippen molar-refractivity contribution < 1.29 is 29.7 Å². The van der Waals surface area contributed by atoms with E-state index in [1.54, 1.807) is 0 Å². The number of ether oxygens (including phenoxy) is 1. The van der Waals surface area contributed by atoms with E-state index in [9.17, 15) is 0 Å². The number of epoxide rings is 1. The Labute approximate surface area is 77.6 Å². The molecule has 1 aliphatic rings. The van der Waals surface area contributed by atoms with Gasteiger partial charge >= 0.3 is 77.6 Å². The van der Waals surface area contributed by atoms with Crippen molar-refractivity contribution in [3.63, 3.8) is 0 Å². The van der Waals surface area contributed by atoms with E-state index in [-0.39, 0.29) is 0 Å². The minimum absolute atomic E-state index is 0.607. The Balaban J connectivity index is 1.87. The van der Waals surface area contributed by atoms with E-state index >= 15 is 0 Å². The number of rotatable bonds is 6. The summed E-state index contributed by atoms with van der Waals surface area (Å²) in [6.45, 7) is 4.15. The van der Waals surface area contributed by atoms with E-state index in [2.05, 4.69) is 11.6 Å². The summed E-state index contributed by atoms with van der Waals surface area (Å²) >= 11 is -1.33. The second-order valence-corrected chi connectivity index (χ2v) is 8.43. The molecule has 0 N–H and O–H groups in total. The maximum absolute atomic E-state index is 5.71. The third-order valence-corrected chi connectivity index (χ3v) is 5.93. The first-order valence-corrected chi connectivity index (χ1v) is 9.59. The molecule has 1 fully saturated rings. The summed E-state index contributed by atoms with van der Waals surface area (Å²) in [5, 5.41) is 0. The Morgan fingerprint density at radius 3 is 2.91 bits per heavy atom. The first kappa shape index (κ1) is 9.89. The Morgan fingerprint density at radius 1 is 1.64 bits per heavy atom. The molecule has 1 heterocycles. The second kappa shape index (κ2) is 5.45. The maximum atomic E-state index is 5.71. The van der Waals surface area contributed by atoms with Gasteiger partial charge in [-0.15, -0.1) is 0 Å². The molecule has 0 aromatic heterocycles. The van der Waals surface area contributed by atoms with Crippen LogP contribution in [0.3, 0.4) is 0 Å². The second-order valence-electron chi connectivity index (χ2n) is 3.04. The third kappa shape index (κ3) is 5.11. The normalized spacial score (nSPS) is 21.8. The molecule has 0 amide bonds. The van der Waals surface area contributed by atoms with Crippen LogP contribution in [0.1, 0.15) is 19.8 Å². The molecule has 0 aromatic rings. The molecule has 3 heteroatoms. The number of hydrogen-bond donors (Lipinski definition) is 0. The molecule has 0 aliphatic carbocycles. The topological polar surface area (TPSA) is 21.8 Å². The minimum atomic E-state index is -1.33. The fourth-order valence-electron chi connectivity index (χ4n) is 0.947. The van der Waals surface area contributed by atoms with Crippen LogP contribution in [0.2, 0.25) is 8.76 Å². The van der Waals surface area contributed by atoms with Crippen LogP contribution in [-0.4, -0.2) is 19.3 Å². The molecule has 1 rings (SSSR count). The van der Waals surface area contributed by atoms with Crippen LogP contribution in [0.5, 0.6) is 0 Å². The summed E-state index contributed by atoms with van der Waals surface area (Å²) in [6.07, 6.45) is 3.03. The van der Waals surface area contributed by atoms with Gasteiger partial charge in [0, 0.05) is 0 Å². The molecule has 1 saturated heterocycles. The van der Waals surface area contributed by atoms with E-state index in [4.69, 9.17) is 7.55 Å². The molecule has 1 atom stereocenters. The van der Waals surface area contributed by atoms with Gasteiger partial charge in [0.2, 0.25) is 0 Å². The molecule has 1 aliphatic heterocycles. The molecule has 0 saturated carbocycles. The first-order valence-electron chi connectivity index (χ1n) is 4.39. The quantitative estimate of drug-likeness (QED) is 0.660. The van der Waals surface area contributed by atoms with Crippen LogP contribution in [0.4, 0.5) is 0 Å². The van der Waals surface area contributed by atoms with Crippen LogP contribution in [0.15, 0.2) is 0 Å². The average Bonchev–Trinajstić information content (AvgIpc) is 2.80. The van der Waals surface area contributed by atoms with Gasteiger partial charge < -0.3 is 0 Å². The standard InChI is InChI=1S/C4H7O.C3H7O.CH3.Zr/c1-2-4-3-5-4;1-2-3-4;;/h4H,1-3H2;2-3H2,1H3;1H3;/q;-1;;+1. The molecule has 1 unspecified atom stereocenters. The summed E-state index contributed by atoms with van der Waals surface area (Å²) in [5.41, 5.74) is 0. The van der Waals surface area contributed by atoms with E-state index in [0.717, 1.165) is 19.6 Å². The van der Waals surface area contributed by atoms with Gasteiger partial charge in [0.05, 0.1) is 0 Å². The van der Waals surface area contributed by atoms with Gasteiger partial charge in [-0.25, -0.2) is 0 Å². The summed E-state index contributed by atoms with van der Waals surface area (Å²) < 4.78 is 14.5. The van der Waals surface area contributed by atoms with Crippen molar-refractivity contribution in [3.05, 3.63) is 0 Å². The molecular weight excluding hydrogens is 219 g/mol. The summed E-state index contributed by atoms with van der Waals surface area (Å²) in [6, 6.07) is 0. The zero-order chi connectivity index (χ0) is 8.10. The van der Waals surface area contributed by atoms with Crippen molar-refractivity contribution >= 4 is 0 Å². The van der Waals surface area contributed by atoms with E-state index in [1.165, 1.54) is 10.5 Å². The summed E-state index contributed by atoms with van der Waals surface area (Å²) in [7, 11) is 0. The van der Waals surface area contributed by atoms with Gasteiger partial charge in [-0.3, -0.25) is 0 Å². The van der Waals surface area contributed by atoms with Gasteiger partial charge in [0.1, 0.15) is 0 Å². The molecule has 0 spiro atoms. The van der Waals surface area contributed by atoms with E-state index < -0.39 is 22.2 Å². The van der Waals surface area contributed by atoms with Crippen molar-refractivity contribution in [3.8, 4) is 0 Å². The Morgan fingerprint density at radius 2 is 2.36 bits per heavy atom.